The molecule has 1 N–H and O–H groups in total. The van der Waals surface area contributed by atoms with Crippen molar-refractivity contribution in [3.8, 4) is 11.5 Å². The van der Waals surface area contributed by atoms with Crippen LogP contribution in [0.25, 0.3) is 0 Å². The molecule has 2 rings (SSSR count). The Labute approximate surface area is 168 Å². The summed E-state index contributed by atoms with van der Waals surface area (Å²) < 4.78 is 72.8. The molecule has 0 aliphatic rings. The SMILES string of the molecule is COc1cc(/C=N/OC(C)C(=O)Nc2ccccc2C(F)(F)F)ccc1OC(F)F. The van der Waals surface area contributed by atoms with Crippen LogP contribution in [0.5, 0.6) is 11.5 Å². The van der Waals surface area contributed by atoms with E-state index in [-0.39, 0.29) is 11.5 Å². The number of benzene rings is 2. The van der Waals surface area contributed by atoms with Gasteiger partial charge >= 0.3 is 12.8 Å². The molecule has 0 spiro atoms. The second-order valence-electron chi connectivity index (χ2n) is 5.80. The molecule has 0 saturated carbocycles. The van der Waals surface area contributed by atoms with Crippen LogP contribution in [0, 0.1) is 0 Å². The molecule has 1 amide bonds. The van der Waals surface area contributed by atoms with Crippen LogP contribution in [0.1, 0.15) is 18.1 Å². The van der Waals surface area contributed by atoms with E-state index < -0.39 is 36.0 Å². The van der Waals surface area contributed by atoms with Gasteiger partial charge in [-0.15, -0.1) is 0 Å². The van der Waals surface area contributed by atoms with E-state index in [4.69, 9.17) is 9.57 Å². The molecular formula is C19H17F5N2O4. The molecule has 2 aromatic rings. The number of methoxy groups -OCH3 is 1. The van der Waals surface area contributed by atoms with Gasteiger partial charge in [0.25, 0.3) is 5.91 Å². The molecule has 0 bridgehead atoms. The van der Waals surface area contributed by atoms with Gasteiger partial charge in [-0.2, -0.15) is 22.0 Å². The van der Waals surface area contributed by atoms with Crippen molar-refractivity contribution in [2.75, 3.05) is 12.4 Å². The lowest BCUT2D eigenvalue weighted by Crippen LogP contribution is -2.27. The van der Waals surface area contributed by atoms with E-state index in [1.807, 2.05) is 0 Å². The lowest BCUT2D eigenvalue weighted by molar-refractivity contribution is -0.137. The summed E-state index contributed by atoms with van der Waals surface area (Å²) in [4.78, 5) is 17.1. The smallest absolute Gasteiger partial charge is 0.418 e. The predicted molar refractivity (Wildman–Crippen MR) is 97.8 cm³/mol. The van der Waals surface area contributed by atoms with Crippen LogP contribution in [-0.4, -0.2) is 31.9 Å². The number of para-hydroxylation sites is 1. The summed E-state index contributed by atoms with van der Waals surface area (Å²) >= 11 is 0. The number of nitrogens with zero attached hydrogens (tertiary/aromatic N) is 1. The molecule has 0 radical (unpaired) electrons. The maximum Gasteiger partial charge on any atom is 0.418 e. The van der Waals surface area contributed by atoms with Gasteiger partial charge in [0.2, 0.25) is 6.10 Å². The highest BCUT2D eigenvalue weighted by Gasteiger charge is 2.34. The summed E-state index contributed by atoms with van der Waals surface area (Å²) in [6, 6.07) is 8.47. The zero-order valence-corrected chi connectivity index (χ0v) is 15.7. The fraction of sp³-hybridized carbons (Fsp3) is 0.263. The number of ether oxygens (including phenoxy) is 2. The van der Waals surface area contributed by atoms with E-state index in [0.29, 0.717) is 5.56 Å². The summed E-state index contributed by atoms with van der Waals surface area (Å²) in [7, 11) is 1.26. The van der Waals surface area contributed by atoms with Crippen molar-refractivity contribution in [3.63, 3.8) is 0 Å². The average molecular weight is 432 g/mol. The first-order valence-corrected chi connectivity index (χ1v) is 8.41. The van der Waals surface area contributed by atoms with Crippen molar-refractivity contribution in [1.29, 1.82) is 0 Å². The summed E-state index contributed by atoms with van der Waals surface area (Å²) in [6.45, 7) is -1.73. The molecular weight excluding hydrogens is 415 g/mol. The Hall–Kier alpha value is -3.37. The van der Waals surface area contributed by atoms with Gasteiger partial charge in [-0.05, 0) is 37.3 Å². The molecule has 1 atom stereocenters. The Bertz CT molecular complexity index is 903. The van der Waals surface area contributed by atoms with Crippen LogP contribution in [0.15, 0.2) is 47.6 Å². The minimum absolute atomic E-state index is 0.0220. The van der Waals surface area contributed by atoms with Crippen LogP contribution in [0.2, 0.25) is 0 Å². The first-order valence-electron chi connectivity index (χ1n) is 8.41. The number of alkyl halides is 5. The van der Waals surface area contributed by atoms with E-state index >= 15 is 0 Å². The van der Waals surface area contributed by atoms with Gasteiger partial charge in [-0.1, -0.05) is 17.3 Å². The molecule has 0 aliphatic carbocycles. The van der Waals surface area contributed by atoms with E-state index in [2.05, 4.69) is 15.2 Å². The lowest BCUT2D eigenvalue weighted by atomic mass is 10.1. The Kier molecular flexibility index (Phi) is 7.56. The third-order valence-electron chi connectivity index (χ3n) is 3.68. The first kappa shape index (κ1) is 22.9. The van der Waals surface area contributed by atoms with Crippen LogP contribution < -0.4 is 14.8 Å². The zero-order chi connectivity index (χ0) is 22.3. The molecule has 0 saturated heterocycles. The van der Waals surface area contributed by atoms with Gasteiger partial charge in [0.05, 0.1) is 24.6 Å². The van der Waals surface area contributed by atoms with E-state index in [1.54, 1.807) is 0 Å². The number of nitrogens with one attached hydrogen (secondary N) is 1. The van der Waals surface area contributed by atoms with Gasteiger partial charge in [0, 0.05) is 5.56 Å². The molecule has 0 fully saturated rings. The maximum atomic E-state index is 13.0. The number of rotatable bonds is 8. The molecule has 1 unspecified atom stereocenters. The minimum atomic E-state index is -4.63. The number of anilines is 1. The Morgan fingerprint density at radius 2 is 1.83 bits per heavy atom. The molecule has 11 heteroatoms. The van der Waals surface area contributed by atoms with Gasteiger partial charge in [-0.3, -0.25) is 4.79 Å². The van der Waals surface area contributed by atoms with Crippen LogP contribution >= 0.6 is 0 Å². The van der Waals surface area contributed by atoms with Crippen molar-refractivity contribution >= 4 is 17.8 Å². The van der Waals surface area contributed by atoms with Crippen molar-refractivity contribution in [2.45, 2.75) is 25.8 Å². The predicted octanol–water partition coefficient (Wildman–Crippen LogP) is 4.69. The number of carbonyl (C=O) groups is 1. The van der Waals surface area contributed by atoms with Gasteiger partial charge < -0.3 is 19.6 Å². The Morgan fingerprint density at radius 3 is 2.47 bits per heavy atom. The lowest BCUT2D eigenvalue weighted by Gasteiger charge is -2.15. The minimum Gasteiger partial charge on any atom is -0.493 e. The normalized spacial score (nSPS) is 12.7. The second kappa shape index (κ2) is 9.90. The highest BCUT2D eigenvalue weighted by molar-refractivity contribution is 5.94. The fourth-order valence-corrected chi connectivity index (χ4v) is 2.26. The van der Waals surface area contributed by atoms with Crippen molar-refractivity contribution < 1.29 is 41.1 Å². The number of hydrogen-bond donors (Lipinski definition) is 1. The fourth-order valence-electron chi connectivity index (χ4n) is 2.26. The molecule has 162 valence electrons. The van der Waals surface area contributed by atoms with Crippen LogP contribution in [0.3, 0.4) is 0 Å². The summed E-state index contributed by atoms with van der Waals surface area (Å²) in [5.41, 5.74) is -1.02. The van der Waals surface area contributed by atoms with Crippen molar-refractivity contribution in [1.82, 2.24) is 0 Å². The Balaban J connectivity index is 2.01. The highest BCUT2D eigenvalue weighted by Crippen LogP contribution is 2.34. The van der Waals surface area contributed by atoms with Crippen LogP contribution in [-0.2, 0) is 15.8 Å². The number of oxime groups is 1. The molecule has 0 aromatic heterocycles. The molecule has 6 nitrogen and oxygen atoms in total. The topological polar surface area (TPSA) is 69.2 Å². The van der Waals surface area contributed by atoms with Gasteiger partial charge in [0.1, 0.15) is 0 Å². The quantitative estimate of drug-likeness (QED) is 0.373. The van der Waals surface area contributed by atoms with E-state index in [0.717, 1.165) is 12.1 Å². The maximum absolute atomic E-state index is 13.0. The second-order valence-corrected chi connectivity index (χ2v) is 5.80. The van der Waals surface area contributed by atoms with Crippen molar-refractivity contribution in [2.24, 2.45) is 5.16 Å². The number of hydrogen-bond acceptors (Lipinski definition) is 5. The van der Waals surface area contributed by atoms with Crippen LogP contribution in [0.4, 0.5) is 27.6 Å². The average Bonchev–Trinajstić information content (AvgIpc) is 2.68. The number of halogens is 5. The third-order valence-corrected chi connectivity index (χ3v) is 3.68. The number of carbonyl (C=O) groups excluding carboxylic acids is 1. The molecule has 2 aromatic carbocycles. The van der Waals surface area contributed by atoms with Crippen molar-refractivity contribution in [3.05, 3.63) is 53.6 Å². The zero-order valence-electron chi connectivity index (χ0n) is 15.7. The van der Waals surface area contributed by atoms with Gasteiger partial charge in [0.15, 0.2) is 11.5 Å². The molecule has 0 aliphatic heterocycles. The summed E-state index contributed by atoms with van der Waals surface area (Å²) in [5.74, 6) is -1.00. The monoisotopic (exact) mass is 432 g/mol. The summed E-state index contributed by atoms with van der Waals surface area (Å²) in [5, 5.41) is 5.73. The molecule has 30 heavy (non-hydrogen) atoms. The van der Waals surface area contributed by atoms with E-state index in [9.17, 15) is 26.7 Å². The van der Waals surface area contributed by atoms with Gasteiger partial charge in [-0.25, -0.2) is 0 Å². The largest absolute Gasteiger partial charge is 0.493 e. The highest BCUT2D eigenvalue weighted by atomic mass is 19.4. The molecule has 0 heterocycles. The number of amides is 1. The van der Waals surface area contributed by atoms with E-state index in [1.165, 1.54) is 50.6 Å². The standard InChI is InChI=1S/C19H17F5N2O4/c1-11(17(27)26-14-6-4-3-5-13(14)19(22,23)24)30-25-10-12-7-8-15(29-18(20)21)16(9-12)28-2/h3-11,18H,1-2H3,(H,26,27)/b25-10+. The Morgan fingerprint density at radius 1 is 1.13 bits per heavy atom. The third kappa shape index (κ3) is 6.33. The summed E-state index contributed by atoms with van der Waals surface area (Å²) in [6.07, 6.45) is -4.68. The first-order chi connectivity index (χ1) is 14.1.